The first-order valence-corrected chi connectivity index (χ1v) is 5.51. The fraction of sp³-hybridized carbons (Fsp3) is 0.909. The largest absolute Gasteiger partial charge is 0.299 e. The second-order valence-electron chi connectivity index (χ2n) is 4.43. The molecule has 0 aromatic heterocycles. The lowest BCUT2D eigenvalue weighted by Gasteiger charge is -2.32. The Hall–Kier alpha value is -0.550. The highest BCUT2D eigenvalue weighted by Crippen LogP contribution is 2.32. The summed E-state index contributed by atoms with van der Waals surface area (Å²) in [6, 6.07) is 3.09. The molecule has 2 aliphatic rings. The van der Waals surface area contributed by atoms with E-state index < -0.39 is 0 Å². The van der Waals surface area contributed by atoms with E-state index >= 15 is 0 Å². The van der Waals surface area contributed by atoms with E-state index in [0.29, 0.717) is 6.42 Å². The van der Waals surface area contributed by atoms with Crippen molar-refractivity contribution < 1.29 is 0 Å². The van der Waals surface area contributed by atoms with Gasteiger partial charge in [0.1, 0.15) is 0 Å². The smallest absolute Gasteiger partial charge is 0.0635 e. The quantitative estimate of drug-likeness (QED) is 0.645. The van der Waals surface area contributed by atoms with Crippen LogP contribution >= 0.6 is 0 Å². The number of hydrogen-bond donors (Lipinski definition) is 0. The highest BCUT2D eigenvalue weighted by molar-refractivity contribution is 4.88. The minimum absolute atomic E-state index is 0.712. The van der Waals surface area contributed by atoms with Crippen LogP contribution in [0.2, 0.25) is 0 Å². The third kappa shape index (κ3) is 2.45. The average Bonchev–Trinajstić information content (AvgIpc) is 2.84. The summed E-state index contributed by atoms with van der Waals surface area (Å²) < 4.78 is 0. The van der Waals surface area contributed by atoms with E-state index in [9.17, 15) is 0 Å². The standard InChI is InChI=1S/C11H18N2/c12-7-2-8-13(11-5-6-11)9-10-3-1-4-10/h10-11H,1-6,8-9H2. The van der Waals surface area contributed by atoms with Gasteiger partial charge in [0.2, 0.25) is 0 Å². The van der Waals surface area contributed by atoms with Crippen molar-refractivity contribution in [3.63, 3.8) is 0 Å². The Kier molecular flexibility index (Phi) is 2.85. The van der Waals surface area contributed by atoms with Crippen molar-refractivity contribution in [3.8, 4) is 6.07 Å². The van der Waals surface area contributed by atoms with Gasteiger partial charge in [-0.3, -0.25) is 4.90 Å². The van der Waals surface area contributed by atoms with Gasteiger partial charge >= 0.3 is 0 Å². The predicted octanol–water partition coefficient (Wildman–Crippen LogP) is 2.16. The van der Waals surface area contributed by atoms with Crippen molar-refractivity contribution in [3.05, 3.63) is 0 Å². The van der Waals surface area contributed by atoms with E-state index in [-0.39, 0.29) is 0 Å². The van der Waals surface area contributed by atoms with E-state index in [4.69, 9.17) is 5.26 Å². The summed E-state index contributed by atoms with van der Waals surface area (Å²) in [6.07, 6.45) is 7.74. The maximum absolute atomic E-state index is 8.55. The first kappa shape index (κ1) is 9.02. The Balaban J connectivity index is 1.72. The predicted molar refractivity (Wildman–Crippen MR) is 52.2 cm³/mol. The molecule has 2 heteroatoms. The Morgan fingerprint density at radius 1 is 1.23 bits per heavy atom. The zero-order valence-corrected chi connectivity index (χ0v) is 8.21. The molecule has 2 nitrogen and oxygen atoms in total. The molecule has 13 heavy (non-hydrogen) atoms. The number of nitriles is 1. The van der Waals surface area contributed by atoms with Gasteiger partial charge in [0, 0.05) is 25.6 Å². The summed E-state index contributed by atoms with van der Waals surface area (Å²) in [5.74, 6) is 0.958. The molecule has 0 radical (unpaired) electrons. The fourth-order valence-corrected chi connectivity index (χ4v) is 2.06. The highest BCUT2D eigenvalue weighted by Gasteiger charge is 2.31. The van der Waals surface area contributed by atoms with Gasteiger partial charge in [-0.1, -0.05) is 6.42 Å². The monoisotopic (exact) mass is 178 g/mol. The van der Waals surface area contributed by atoms with Crippen molar-refractivity contribution in [2.75, 3.05) is 13.1 Å². The molecule has 0 aromatic rings. The Labute approximate surface area is 80.5 Å². The SMILES string of the molecule is N#CCCN(CC1CCC1)C1CC1. The number of hydrogen-bond acceptors (Lipinski definition) is 2. The summed E-state index contributed by atoms with van der Waals surface area (Å²) in [7, 11) is 0. The maximum Gasteiger partial charge on any atom is 0.0635 e. The Morgan fingerprint density at radius 3 is 2.46 bits per heavy atom. The van der Waals surface area contributed by atoms with Crippen molar-refractivity contribution >= 4 is 0 Å². The number of rotatable bonds is 5. The van der Waals surface area contributed by atoms with Crippen LogP contribution in [0.4, 0.5) is 0 Å². The summed E-state index contributed by atoms with van der Waals surface area (Å²) >= 11 is 0. The summed E-state index contributed by atoms with van der Waals surface area (Å²) in [6.45, 7) is 2.28. The van der Waals surface area contributed by atoms with Crippen molar-refractivity contribution in [1.82, 2.24) is 4.90 Å². The molecule has 0 unspecified atom stereocenters. The van der Waals surface area contributed by atoms with E-state index in [2.05, 4.69) is 11.0 Å². The molecule has 0 aromatic carbocycles. The topological polar surface area (TPSA) is 27.0 Å². The van der Waals surface area contributed by atoms with Crippen LogP contribution in [-0.4, -0.2) is 24.0 Å². The molecular formula is C11H18N2. The van der Waals surface area contributed by atoms with Crippen molar-refractivity contribution in [2.45, 2.75) is 44.6 Å². The lowest BCUT2D eigenvalue weighted by atomic mass is 9.85. The normalized spacial score (nSPS) is 22.8. The van der Waals surface area contributed by atoms with E-state index in [1.54, 1.807) is 0 Å². The van der Waals surface area contributed by atoms with Crippen LogP contribution in [0.5, 0.6) is 0 Å². The molecule has 0 bridgehead atoms. The molecule has 2 aliphatic carbocycles. The van der Waals surface area contributed by atoms with Gasteiger partial charge in [-0.2, -0.15) is 5.26 Å². The van der Waals surface area contributed by atoms with E-state index in [1.807, 2.05) is 0 Å². The van der Waals surface area contributed by atoms with Crippen LogP contribution < -0.4 is 0 Å². The summed E-state index contributed by atoms with van der Waals surface area (Å²) in [5.41, 5.74) is 0. The van der Waals surface area contributed by atoms with Crippen LogP contribution in [0.15, 0.2) is 0 Å². The zero-order valence-electron chi connectivity index (χ0n) is 8.21. The van der Waals surface area contributed by atoms with Gasteiger partial charge in [-0.15, -0.1) is 0 Å². The second kappa shape index (κ2) is 4.11. The summed E-state index contributed by atoms with van der Waals surface area (Å²) in [5, 5.41) is 8.55. The van der Waals surface area contributed by atoms with Crippen molar-refractivity contribution in [1.29, 1.82) is 5.26 Å². The van der Waals surface area contributed by atoms with Gasteiger partial charge in [0.05, 0.1) is 6.07 Å². The molecule has 0 aliphatic heterocycles. The molecule has 2 fully saturated rings. The molecule has 0 heterocycles. The van der Waals surface area contributed by atoms with Crippen LogP contribution in [-0.2, 0) is 0 Å². The molecule has 72 valence electrons. The average molecular weight is 178 g/mol. The first-order valence-electron chi connectivity index (χ1n) is 5.51. The van der Waals surface area contributed by atoms with Gasteiger partial charge in [-0.05, 0) is 31.6 Å². The molecule has 0 atom stereocenters. The molecule has 0 amide bonds. The lowest BCUT2D eigenvalue weighted by molar-refractivity contribution is 0.173. The Morgan fingerprint density at radius 2 is 2.00 bits per heavy atom. The molecular weight excluding hydrogens is 160 g/mol. The summed E-state index contributed by atoms with van der Waals surface area (Å²) in [4.78, 5) is 2.55. The third-order valence-electron chi connectivity index (χ3n) is 3.29. The van der Waals surface area contributed by atoms with E-state index in [1.165, 1.54) is 38.6 Å². The lowest BCUT2D eigenvalue weighted by Crippen LogP contribution is -2.34. The molecule has 2 saturated carbocycles. The van der Waals surface area contributed by atoms with Crippen LogP contribution in [0.1, 0.15) is 38.5 Å². The molecule has 0 N–H and O–H groups in total. The molecule has 0 saturated heterocycles. The molecule has 2 rings (SSSR count). The minimum Gasteiger partial charge on any atom is -0.299 e. The second-order valence-corrected chi connectivity index (χ2v) is 4.43. The van der Waals surface area contributed by atoms with Crippen LogP contribution in [0.3, 0.4) is 0 Å². The van der Waals surface area contributed by atoms with E-state index in [0.717, 1.165) is 18.5 Å². The third-order valence-corrected chi connectivity index (χ3v) is 3.29. The number of nitrogens with zero attached hydrogens (tertiary/aromatic N) is 2. The fourth-order valence-electron chi connectivity index (χ4n) is 2.06. The minimum atomic E-state index is 0.712. The van der Waals surface area contributed by atoms with Gasteiger partial charge < -0.3 is 0 Å². The van der Waals surface area contributed by atoms with Gasteiger partial charge in [0.25, 0.3) is 0 Å². The van der Waals surface area contributed by atoms with Gasteiger partial charge in [-0.25, -0.2) is 0 Å². The first-order chi connectivity index (χ1) is 6.40. The van der Waals surface area contributed by atoms with Gasteiger partial charge in [0.15, 0.2) is 0 Å². The zero-order chi connectivity index (χ0) is 9.10. The highest BCUT2D eigenvalue weighted by atomic mass is 15.2. The molecule has 0 spiro atoms. The maximum atomic E-state index is 8.55. The Bertz CT molecular complexity index is 199. The van der Waals surface area contributed by atoms with Crippen LogP contribution in [0.25, 0.3) is 0 Å². The van der Waals surface area contributed by atoms with Crippen LogP contribution in [0, 0.1) is 17.2 Å². The van der Waals surface area contributed by atoms with Crippen molar-refractivity contribution in [2.24, 2.45) is 5.92 Å².